The highest BCUT2D eigenvalue weighted by Gasteiger charge is 2.10. The van der Waals surface area contributed by atoms with Gasteiger partial charge in [0.2, 0.25) is 0 Å². The van der Waals surface area contributed by atoms with E-state index in [2.05, 4.69) is 65.8 Å². The molecule has 0 unspecified atom stereocenters. The van der Waals surface area contributed by atoms with Crippen molar-refractivity contribution in [2.75, 3.05) is 18.4 Å². The maximum Gasteiger partial charge on any atom is 0.171 e. The number of hydrogen-bond acceptors (Lipinski definition) is 2. The molecule has 2 N–H and O–H groups in total. The van der Waals surface area contributed by atoms with Crippen molar-refractivity contribution < 1.29 is 0 Å². The zero-order valence-corrected chi connectivity index (χ0v) is 16.7. The van der Waals surface area contributed by atoms with E-state index in [-0.39, 0.29) is 0 Å². The van der Waals surface area contributed by atoms with Gasteiger partial charge in [0.05, 0.1) is 0 Å². The van der Waals surface area contributed by atoms with Crippen LogP contribution in [0, 0.1) is 13.8 Å². The third-order valence-electron chi connectivity index (χ3n) is 5.18. The van der Waals surface area contributed by atoms with Crippen molar-refractivity contribution in [1.82, 2.24) is 10.2 Å². The van der Waals surface area contributed by atoms with Crippen LogP contribution in [0.25, 0.3) is 0 Å². The van der Waals surface area contributed by atoms with Gasteiger partial charge in [-0.1, -0.05) is 42.8 Å². The van der Waals surface area contributed by atoms with Gasteiger partial charge in [0.15, 0.2) is 5.11 Å². The fourth-order valence-corrected chi connectivity index (χ4v) is 3.56. The first-order valence-corrected chi connectivity index (χ1v) is 9.94. The second-order valence-corrected chi connectivity index (χ2v) is 7.62. The number of rotatable bonds is 5. The third kappa shape index (κ3) is 5.29. The van der Waals surface area contributed by atoms with Gasteiger partial charge in [-0.05, 0) is 80.3 Å². The number of piperidine rings is 1. The molecule has 2 aromatic rings. The Morgan fingerprint density at radius 3 is 2.38 bits per heavy atom. The number of aryl methyl sites for hydroxylation is 1. The van der Waals surface area contributed by atoms with Crippen LogP contribution >= 0.6 is 12.2 Å². The summed E-state index contributed by atoms with van der Waals surface area (Å²) in [7, 11) is 0. The summed E-state index contributed by atoms with van der Waals surface area (Å²) in [4.78, 5) is 2.56. The van der Waals surface area contributed by atoms with Gasteiger partial charge < -0.3 is 10.6 Å². The summed E-state index contributed by atoms with van der Waals surface area (Å²) in [6, 6.07) is 15.1. The lowest BCUT2D eigenvalue weighted by Crippen LogP contribution is -2.29. The predicted molar refractivity (Wildman–Crippen MR) is 115 cm³/mol. The highest BCUT2D eigenvalue weighted by atomic mass is 32.1. The molecule has 0 radical (unpaired) electrons. The van der Waals surface area contributed by atoms with E-state index in [1.165, 1.54) is 54.6 Å². The van der Waals surface area contributed by atoms with E-state index in [1.54, 1.807) is 0 Å². The molecule has 4 heteroatoms. The van der Waals surface area contributed by atoms with Crippen molar-refractivity contribution in [3.8, 4) is 0 Å². The van der Waals surface area contributed by atoms with Gasteiger partial charge in [-0.3, -0.25) is 4.90 Å². The Hall–Kier alpha value is -1.91. The third-order valence-corrected chi connectivity index (χ3v) is 5.43. The zero-order valence-electron chi connectivity index (χ0n) is 15.8. The van der Waals surface area contributed by atoms with E-state index in [0.717, 1.165) is 18.8 Å². The minimum atomic E-state index is 0.663. The van der Waals surface area contributed by atoms with Gasteiger partial charge in [0.1, 0.15) is 0 Å². The van der Waals surface area contributed by atoms with Crippen molar-refractivity contribution in [2.24, 2.45) is 0 Å². The Kier molecular flexibility index (Phi) is 6.64. The molecule has 0 atom stereocenters. The fourth-order valence-electron chi connectivity index (χ4n) is 3.37. The number of nitrogens with one attached hydrogen (secondary N) is 2. The Morgan fingerprint density at radius 1 is 0.962 bits per heavy atom. The van der Waals surface area contributed by atoms with Crippen LogP contribution in [-0.4, -0.2) is 23.1 Å². The minimum Gasteiger partial charge on any atom is -0.358 e. The molecule has 1 fully saturated rings. The van der Waals surface area contributed by atoms with Crippen LogP contribution in [0.15, 0.2) is 42.5 Å². The van der Waals surface area contributed by atoms with Gasteiger partial charge >= 0.3 is 0 Å². The molecule has 3 rings (SSSR count). The Morgan fingerprint density at radius 2 is 1.65 bits per heavy atom. The van der Waals surface area contributed by atoms with Crippen LogP contribution in [0.1, 0.15) is 41.5 Å². The Balaban J connectivity index is 1.48. The highest BCUT2D eigenvalue weighted by Crippen LogP contribution is 2.18. The summed E-state index contributed by atoms with van der Waals surface area (Å²) in [5.74, 6) is 0. The smallest absolute Gasteiger partial charge is 0.171 e. The van der Waals surface area contributed by atoms with Crippen molar-refractivity contribution >= 4 is 23.0 Å². The lowest BCUT2D eigenvalue weighted by Gasteiger charge is -2.26. The van der Waals surface area contributed by atoms with Gasteiger partial charge in [0.25, 0.3) is 0 Å². The Bertz CT molecular complexity index is 734. The number of likely N-dealkylation sites (tertiary alicyclic amines) is 1. The van der Waals surface area contributed by atoms with E-state index >= 15 is 0 Å². The molecule has 138 valence electrons. The SMILES string of the molecule is Cc1cccc(NC(=S)NCc2ccc(CN3CCCCC3)cc2)c1C. The summed E-state index contributed by atoms with van der Waals surface area (Å²) in [5.41, 5.74) is 6.21. The predicted octanol–water partition coefficient (Wildman–Crippen LogP) is 4.78. The molecule has 0 aliphatic carbocycles. The normalized spacial score (nSPS) is 14.8. The van der Waals surface area contributed by atoms with Crippen molar-refractivity contribution in [3.05, 3.63) is 64.7 Å². The van der Waals surface area contributed by atoms with Gasteiger partial charge in [-0.2, -0.15) is 0 Å². The summed E-state index contributed by atoms with van der Waals surface area (Å²) in [6.45, 7) is 8.51. The molecule has 26 heavy (non-hydrogen) atoms. The van der Waals surface area contributed by atoms with Crippen LogP contribution in [0.3, 0.4) is 0 Å². The lowest BCUT2D eigenvalue weighted by atomic mass is 10.1. The molecule has 3 nitrogen and oxygen atoms in total. The molecule has 0 saturated carbocycles. The van der Waals surface area contributed by atoms with E-state index < -0.39 is 0 Å². The van der Waals surface area contributed by atoms with Crippen LogP contribution < -0.4 is 10.6 Å². The largest absolute Gasteiger partial charge is 0.358 e. The zero-order chi connectivity index (χ0) is 18.4. The molecule has 0 amide bonds. The standard InChI is InChI=1S/C22H29N3S/c1-17-7-6-8-21(18(17)2)24-22(26)23-15-19-9-11-20(12-10-19)16-25-13-4-3-5-14-25/h6-12H,3-5,13-16H2,1-2H3,(H2,23,24,26). The molecule has 0 bridgehead atoms. The number of anilines is 1. The minimum absolute atomic E-state index is 0.663. The van der Waals surface area contributed by atoms with Crippen molar-refractivity contribution in [2.45, 2.75) is 46.2 Å². The highest BCUT2D eigenvalue weighted by molar-refractivity contribution is 7.80. The van der Waals surface area contributed by atoms with E-state index in [9.17, 15) is 0 Å². The average Bonchev–Trinajstić information content (AvgIpc) is 2.66. The number of benzene rings is 2. The van der Waals surface area contributed by atoms with Crippen LogP contribution in [0.4, 0.5) is 5.69 Å². The maximum atomic E-state index is 5.44. The first-order chi connectivity index (χ1) is 12.6. The number of hydrogen-bond donors (Lipinski definition) is 2. The first kappa shape index (κ1) is 18.9. The monoisotopic (exact) mass is 367 g/mol. The van der Waals surface area contributed by atoms with Crippen molar-refractivity contribution in [3.63, 3.8) is 0 Å². The molecule has 1 aliphatic rings. The second-order valence-electron chi connectivity index (χ2n) is 7.21. The number of thiocarbonyl (C=S) groups is 1. The molecular weight excluding hydrogens is 338 g/mol. The molecule has 1 aliphatic heterocycles. The first-order valence-electron chi connectivity index (χ1n) is 9.53. The second kappa shape index (κ2) is 9.15. The molecule has 1 saturated heterocycles. The quantitative estimate of drug-likeness (QED) is 0.744. The molecule has 0 aromatic heterocycles. The molecule has 1 heterocycles. The number of nitrogens with zero attached hydrogens (tertiary/aromatic N) is 1. The van der Waals surface area contributed by atoms with Crippen LogP contribution in [0.5, 0.6) is 0 Å². The molecule has 2 aromatic carbocycles. The van der Waals surface area contributed by atoms with E-state index in [1.807, 2.05) is 6.07 Å². The van der Waals surface area contributed by atoms with Gasteiger partial charge in [-0.25, -0.2) is 0 Å². The van der Waals surface area contributed by atoms with E-state index in [4.69, 9.17) is 12.2 Å². The average molecular weight is 368 g/mol. The molecule has 0 spiro atoms. The maximum absolute atomic E-state index is 5.44. The lowest BCUT2D eigenvalue weighted by molar-refractivity contribution is 0.221. The Labute approximate surface area is 162 Å². The van der Waals surface area contributed by atoms with E-state index in [0.29, 0.717) is 5.11 Å². The summed E-state index contributed by atoms with van der Waals surface area (Å²) >= 11 is 5.44. The summed E-state index contributed by atoms with van der Waals surface area (Å²) < 4.78 is 0. The van der Waals surface area contributed by atoms with Crippen LogP contribution in [0.2, 0.25) is 0 Å². The van der Waals surface area contributed by atoms with Gasteiger partial charge in [0, 0.05) is 18.8 Å². The fraction of sp³-hybridized carbons (Fsp3) is 0.409. The molecular formula is C22H29N3S. The van der Waals surface area contributed by atoms with Gasteiger partial charge in [-0.15, -0.1) is 0 Å². The van der Waals surface area contributed by atoms with Crippen LogP contribution in [-0.2, 0) is 13.1 Å². The van der Waals surface area contributed by atoms with Crippen molar-refractivity contribution in [1.29, 1.82) is 0 Å². The topological polar surface area (TPSA) is 27.3 Å². The summed E-state index contributed by atoms with van der Waals surface area (Å²) in [5, 5.41) is 7.27. The summed E-state index contributed by atoms with van der Waals surface area (Å²) in [6.07, 6.45) is 4.07.